The van der Waals surface area contributed by atoms with E-state index in [1.54, 1.807) is 0 Å². The highest BCUT2D eigenvalue weighted by molar-refractivity contribution is 7.91. The lowest BCUT2D eigenvalue weighted by Crippen LogP contribution is -2.42. The van der Waals surface area contributed by atoms with Gasteiger partial charge in [-0.25, -0.2) is 27.2 Å². The van der Waals surface area contributed by atoms with Crippen molar-refractivity contribution in [2.45, 2.75) is 44.2 Å². The zero-order valence-electron chi connectivity index (χ0n) is 21.0. The van der Waals surface area contributed by atoms with E-state index in [4.69, 9.17) is 0 Å². The van der Waals surface area contributed by atoms with Crippen LogP contribution in [0.5, 0.6) is 0 Å². The molecule has 3 aromatic rings. The molecule has 3 aliphatic rings. The molecule has 1 N–H and O–H groups in total. The van der Waals surface area contributed by atoms with Gasteiger partial charge < -0.3 is 10.2 Å². The maximum absolute atomic E-state index is 14.5. The first kappa shape index (κ1) is 25.5. The Labute approximate surface area is 224 Å². The summed E-state index contributed by atoms with van der Waals surface area (Å²) in [6.45, 7) is 0.756. The molecule has 2 saturated heterocycles. The van der Waals surface area contributed by atoms with Crippen LogP contribution in [0.25, 0.3) is 11.4 Å². The van der Waals surface area contributed by atoms with E-state index in [1.165, 1.54) is 6.07 Å². The highest BCUT2D eigenvalue weighted by Gasteiger charge is 2.39. The van der Waals surface area contributed by atoms with Crippen molar-refractivity contribution in [1.29, 1.82) is 0 Å². The summed E-state index contributed by atoms with van der Waals surface area (Å²) in [5.74, 6) is -2.03. The Hall–Kier alpha value is -3.73. The van der Waals surface area contributed by atoms with Crippen LogP contribution in [0.3, 0.4) is 0 Å². The van der Waals surface area contributed by atoms with Crippen LogP contribution in [0, 0.1) is 11.6 Å². The number of halogens is 2. The largest absolute Gasteiger partial charge is 0.346 e. The van der Waals surface area contributed by atoms with E-state index in [-0.39, 0.29) is 59.6 Å². The van der Waals surface area contributed by atoms with Crippen molar-refractivity contribution in [1.82, 2.24) is 20.2 Å². The zero-order chi connectivity index (χ0) is 27.3. The molecule has 8 nitrogen and oxygen atoms in total. The third kappa shape index (κ3) is 4.80. The van der Waals surface area contributed by atoms with Crippen molar-refractivity contribution in [2.24, 2.45) is 0 Å². The van der Waals surface area contributed by atoms with Gasteiger partial charge >= 0.3 is 0 Å². The smallest absolute Gasteiger partial charge is 0.255 e. The molecule has 0 aliphatic carbocycles. The van der Waals surface area contributed by atoms with E-state index in [0.717, 1.165) is 23.3 Å². The monoisotopic (exact) mass is 552 g/mol. The number of fused-ring (bicyclic) bond motifs is 1. The molecule has 39 heavy (non-hydrogen) atoms. The van der Waals surface area contributed by atoms with E-state index in [9.17, 15) is 26.8 Å². The minimum atomic E-state index is -3.00. The Kier molecular flexibility index (Phi) is 6.41. The second-order valence-corrected chi connectivity index (χ2v) is 12.6. The van der Waals surface area contributed by atoms with Gasteiger partial charge in [0.25, 0.3) is 5.91 Å². The quantitative estimate of drug-likeness (QED) is 0.521. The maximum atomic E-state index is 14.5. The molecule has 1 aromatic heterocycles. The van der Waals surface area contributed by atoms with Gasteiger partial charge in [-0.15, -0.1) is 0 Å². The number of nitrogens with zero attached hydrogens (tertiary/aromatic N) is 3. The van der Waals surface area contributed by atoms with Gasteiger partial charge in [-0.3, -0.25) is 9.59 Å². The molecule has 1 atom stereocenters. The second-order valence-electron chi connectivity index (χ2n) is 10.3. The number of nitrogens with one attached hydrogen (secondary N) is 1. The van der Waals surface area contributed by atoms with Gasteiger partial charge in [-0.05, 0) is 42.5 Å². The molecule has 0 saturated carbocycles. The number of likely N-dealkylation sites (tertiary alicyclic amines) is 1. The Bertz CT molecular complexity index is 1560. The van der Waals surface area contributed by atoms with Crippen molar-refractivity contribution in [3.63, 3.8) is 0 Å². The van der Waals surface area contributed by atoms with Crippen molar-refractivity contribution < 1.29 is 26.8 Å². The van der Waals surface area contributed by atoms with Gasteiger partial charge in [0.15, 0.2) is 5.82 Å². The Balaban J connectivity index is 1.23. The number of rotatable bonds is 5. The van der Waals surface area contributed by atoms with Crippen LogP contribution >= 0.6 is 0 Å². The number of sulfone groups is 1. The molecule has 2 fully saturated rings. The number of amides is 2. The van der Waals surface area contributed by atoms with Crippen LogP contribution in [0.2, 0.25) is 0 Å². The molecule has 11 heteroatoms. The molecule has 0 unspecified atom stereocenters. The fourth-order valence-corrected chi connectivity index (χ4v) is 7.24. The molecule has 0 spiro atoms. The fraction of sp³-hybridized carbons (Fsp3) is 0.357. The van der Waals surface area contributed by atoms with Gasteiger partial charge in [0.05, 0.1) is 46.5 Å². The molecular formula is C28H26F2N4O4S. The second kappa shape index (κ2) is 9.78. The summed E-state index contributed by atoms with van der Waals surface area (Å²) in [5, 5.41) is 2.70. The summed E-state index contributed by atoms with van der Waals surface area (Å²) >= 11 is 0. The Morgan fingerprint density at radius 2 is 1.62 bits per heavy atom. The summed E-state index contributed by atoms with van der Waals surface area (Å²) in [4.78, 5) is 36.2. The molecule has 202 valence electrons. The number of aromatic nitrogens is 2. The number of benzene rings is 2. The third-order valence-corrected chi connectivity index (χ3v) is 9.56. The van der Waals surface area contributed by atoms with E-state index in [0.29, 0.717) is 42.8 Å². The standard InChI is InChI=1S/C28H26F2N4O4S/c29-20-2-1-3-21(30)24(20)26-32-22(25-23(33-26)15-31-27(25)35)14-16-4-6-17(7-5-16)19-8-11-34(28(19)36)18-9-12-39(37,38)13-10-18/h1-7,18-19H,8-15H2,(H,31,35)/t19-/m0/s1. The van der Waals surface area contributed by atoms with E-state index < -0.39 is 21.5 Å². The molecule has 0 radical (unpaired) electrons. The summed E-state index contributed by atoms with van der Waals surface area (Å²) < 4.78 is 52.5. The molecular weight excluding hydrogens is 526 g/mol. The summed E-state index contributed by atoms with van der Waals surface area (Å²) in [6, 6.07) is 11.0. The van der Waals surface area contributed by atoms with Crippen LogP contribution in [0.4, 0.5) is 8.78 Å². The SMILES string of the molecule is O=C1NCc2nc(-c3c(F)cccc3F)nc(Cc3ccc([C@@H]4CCN(C5CCS(=O)(=O)CC5)C4=O)cc3)c21. The predicted molar refractivity (Wildman–Crippen MR) is 139 cm³/mol. The zero-order valence-corrected chi connectivity index (χ0v) is 21.8. The molecule has 0 bridgehead atoms. The van der Waals surface area contributed by atoms with E-state index in [1.807, 2.05) is 29.2 Å². The van der Waals surface area contributed by atoms with Gasteiger partial charge in [-0.1, -0.05) is 30.3 Å². The molecule has 2 amide bonds. The Morgan fingerprint density at radius 3 is 2.31 bits per heavy atom. The van der Waals surface area contributed by atoms with Crippen LogP contribution in [-0.4, -0.2) is 59.2 Å². The third-order valence-electron chi connectivity index (χ3n) is 7.85. The highest BCUT2D eigenvalue weighted by Crippen LogP contribution is 2.33. The summed E-state index contributed by atoms with van der Waals surface area (Å²) in [5.41, 5.74) is 2.43. The lowest BCUT2D eigenvalue weighted by atomic mass is 9.95. The van der Waals surface area contributed by atoms with Gasteiger partial charge in [0.1, 0.15) is 21.5 Å². The average Bonchev–Trinajstić information content (AvgIpc) is 3.47. The molecule has 3 aliphatic heterocycles. The first-order valence-corrected chi connectivity index (χ1v) is 14.7. The Morgan fingerprint density at radius 1 is 0.923 bits per heavy atom. The van der Waals surface area contributed by atoms with Gasteiger partial charge in [0.2, 0.25) is 5.91 Å². The molecule has 6 rings (SSSR count). The minimum Gasteiger partial charge on any atom is -0.346 e. The first-order chi connectivity index (χ1) is 18.7. The predicted octanol–water partition coefficient (Wildman–Crippen LogP) is 3.15. The van der Waals surface area contributed by atoms with E-state index in [2.05, 4.69) is 15.3 Å². The lowest BCUT2D eigenvalue weighted by Gasteiger charge is -2.31. The highest BCUT2D eigenvalue weighted by atomic mass is 32.2. The summed E-state index contributed by atoms with van der Waals surface area (Å²) in [6.07, 6.45) is 1.87. The number of hydrogen-bond acceptors (Lipinski definition) is 6. The van der Waals surface area contributed by atoms with Crippen molar-refractivity contribution >= 4 is 21.7 Å². The van der Waals surface area contributed by atoms with Crippen LogP contribution in [-0.2, 0) is 27.6 Å². The van der Waals surface area contributed by atoms with Crippen molar-refractivity contribution in [2.75, 3.05) is 18.1 Å². The average molecular weight is 553 g/mol. The normalized spacial score (nSPS) is 20.8. The molecule has 2 aromatic carbocycles. The number of carbonyl (C=O) groups is 2. The summed E-state index contributed by atoms with van der Waals surface area (Å²) in [7, 11) is -3.00. The van der Waals surface area contributed by atoms with Crippen molar-refractivity contribution in [3.8, 4) is 11.4 Å². The van der Waals surface area contributed by atoms with Crippen LogP contribution < -0.4 is 5.32 Å². The number of carbonyl (C=O) groups excluding carboxylic acids is 2. The fourth-order valence-electron chi connectivity index (χ4n) is 5.78. The number of hydrogen-bond donors (Lipinski definition) is 1. The minimum absolute atomic E-state index is 0.0221. The van der Waals surface area contributed by atoms with E-state index >= 15 is 0 Å². The topological polar surface area (TPSA) is 109 Å². The lowest BCUT2D eigenvalue weighted by molar-refractivity contribution is -0.131. The van der Waals surface area contributed by atoms with Gasteiger partial charge in [-0.2, -0.15) is 0 Å². The van der Waals surface area contributed by atoms with Gasteiger partial charge in [0, 0.05) is 19.0 Å². The van der Waals surface area contributed by atoms with Crippen LogP contribution in [0.15, 0.2) is 42.5 Å². The van der Waals surface area contributed by atoms with Crippen LogP contribution in [0.1, 0.15) is 58.1 Å². The maximum Gasteiger partial charge on any atom is 0.255 e. The molecule has 4 heterocycles. The van der Waals surface area contributed by atoms with Crippen molar-refractivity contribution in [3.05, 3.63) is 82.2 Å². The first-order valence-electron chi connectivity index (χ1n) is 12.9.